The van der Waals surface area contributed by atoms with E-state index in [2.05, 4.69) is 6.92 Å². The van der Waals surface area contributed by atoms with Crippen LogP contribution >= 0.6 is 0 Å². The molecule has 4 nitrogen and oxygen atoms in total. The van der Waals surface area contributed by atoms with Gasteiger partial charge in [-0.1, -0.05) is 12.1 Å². The Morgan fingerprint density at radius 2 is 1.95 bits per heavy atom. The summed E-state index contributed by atoms with van der Waals surface area (Å²) < 4.78 is 5.12. The highest BCUT2D eigenvalue weighted by Gasteiger charge is 2.24. The maximum atomic E-state index is 12.3. The first-order valence-corrected chi connectivity index (χ1v) is 7.26. The Hall–Kier alpha value is -1.55. The van der Waals surface area contributed by atoms with Crippen LogP contribution in [0.25, 0.3) is 0 Å². The van der Waals surface area contributed by atoms with Gasteiger partial charge < -0.3 is 15.4 Å². The molecule has 1 aromatic rings. The van der Waals surface area contributed by atoms with Crippen molar-refractivity contribution in [1.29, 1.82) is 0 Å². The molecule has 1 fully saturated rings. The van der Waals surface area contributed by atoms with Crippen molar-refractivity contribution in [3.63, 3.8) is 0 Å². The summed E-state index contributed by atoms with van der Waals surface area (Å²) in [7, 11) is 1.64. The second-order valence-electron chi connectivity index (χ2n) is 5.60. The van der Waals surface area contributed by atoms with Crippen LogP contribution in [0.15, 0.2) is 24.3 Å². The quantitative estimate of drug-likeness (QED) is 0.912. The lowest BCUT2D eigenvalue weighted by molar-refractivity contribution is -0.131. The average molecular weight is 276 g/mol. The molecule has 0 aromatic heterocycles. The third-order valence-electron chi connectivity index (χ3n) is 4.15. The van der Waals surface area contributed by atoms with Crippen molar-refractivity contribution in [1.82, 2.24) is 4.90 Å². The number of ether oxygens (including phenoxy) is 1. The Labute approximate surface area is 120 Å². The van der Waals surface area contributed by atoms with Crippen LogP contribution in [0.2, 0.25) is 0 Å². The Bertz CT molecular complexity index is 434. The lowest BCUT2D eigenvalue weighted by Gasteiger charge is -2.33. The Kier molecular flexibility index (Phi) is 5.01. The van der Waals surface area contributed by atoms with E-state index in [0.29, 0.717) is 12.3 Å². The number of nitrogens with two attached hydrogens (primary N) is 1. The molecule has 1 aromatic carbocycles. The molecule has 0 radical (unpaired) electrons. The molecule has 1 saturated heterocycles. The van der Waals surface area contributed by atoms with Gasteiger partial charge in [0.05, 0.1) is 13.5 Å². The third kappa shape index (κ3) is 3.73. The first kappa shape index (κ1) is 14.9. The lowest BCUT2D eigenvalue weighted by Crippen LogP contribution is -2.43. The van der Waals surface area contributed by atoms with Crippen LogP contribution in [0, 0.1) is 5.92 Å². The first-order valence-electron chi connectivity index (χ1n) is 7.26. The van der Waals surface area contributed by atoms with Crippen molar-refractivity contribution in [2.75, 3.05) is 20.2 Å². The monoisotopic (exact) mass is 276 g/mol. The number of carbonyl (C=O) groups is 1. The molecule has 1 unspecified atom stereocenters. The summed E-state index contributed by atoms with van der Waals surface area (Å²) in [5.74, 6) is 1.58. The molecule has 110 valence electrons. The number of carbonyl (C=O) groups excluding carboxylic acids is 1. The summed E-state index contributed by atoms with van der Waals surface area (Å²) in [6.07, 6.45) is 2.50. The fourth-order valence-corrected chi connectivity index (χ4v) is 2.70. The molecule has 2 N–H and O–H groups in total. The molecular formula is C16H24N2O2. The Balaban J connectivity index is 1.86. The van der Waals surface area contributed by atoms with Crippen molar-refractivity contribution in [2.24, 2.45) is 11.7 Å². The molecule has 4 heteroatoms. The van der Waals surface area contributed by atoms with E-state index >= 15 is 0 Å². The molecule has 0 aliphatic carbocycles. The number of methoxy groups -OCH3 is 1. The van der Waals surface area contributed by atoms with Crippen molar-refractivity contribution in [2.45, 2.75) is 32.2 Å². The molecule has 1 aliphatic heterocycles. The van der Waals surface area contributed by atoms with Gasteiger partial charge in [-0.2, -0.15) is 0 Å². The summed E-state index contributed by atoms with van der Waals surface area (Å²) in [6.45, 7) is 3.72. The van der Waals surface area contributed by atoms with Crippen molar-refractivity contribution < 1.29 is 9.53 Å². The average Bonchev–Trinajstić information content (AvgIpc) is 2.48. The molecule has 2 rings (SSSR count). The second-order valence-corrected chi connectivity index (χ2v) is 5.60. The van der Waals surface area contributed by atoms with Gasteiger partial charge in [-0.15, -0.1) is 0 Å². The van der Waals surface area contributed by atoms with Gasteiger partial charge in [-0.05, 0) is 43.4 Å². The topological polar surface area (TPSA) is 55.6 Å². The smallest absolute Gasteiger partial charge is 0.226 e. The number of nitrogens with zero attached hydrogens (tertiary/aromatic N) is 1. The van der Waals surface area contributed by atoms with Crippen LogP contribution in [0.1, 0.15) is 25.3 Å². The van der Waals surface area contributed by atoms with Crippen molar-refractivity contribution >= 4 is 5.91 Å². The van der Waals surface area contributed by atoms with E-state index in [1.807, 2.05) is 29.2 Å². The number of rotatable bonds is 4. The number of hydrogen-bond donors (Lipinski definition) is 1. The largest absolute Gasteiger partial charge is 0.497 e. The molecule has 20 heavy (non-hydrogen) atoms. The minimum Gasteiger partial charge on any atom is -0.497 e. The van der Waals surface area contributed by atoms with E-state index in [4.69, 9.17) is 10.5 Å². The Morgan fingerprint density at radius 1 is 1.35 bits per heavy atom. The van der Waals surface area contributed by atoms with Crippen LogP contribution in [0.3, 0.4) is 0 Å². The number of hydrogen-bond acceptors (Lipinski definition) is 3. The SMILES string of the molecule is COc1ccc(CC(=O)N2CCC(C(C)N)CC2)cc1. The third-order valence-corrected chi connectivity index (χ3v) is 4.15. The second kappa shape index (κ2) is 6.75. The van der Waals surface area contributed by atoms with E-state index in [0.717, 1.165) is 37.2 Å². The van der Waals surface area contributed by atoms with Gasteiger partial charge in [0, 0.05) is 19.1 Å². The molecule has 1 atom stereocenters. The summed E-state index contributed by atoms with van der Waals surface area (Å²) in [6, 6.07) is 7.92. The van der Waals surface area contributed by atoms with Crippen LogP contribution in [-0.4, -0.2) is 37.0 Å². The number of benzene rings is 1. The van der Waals surface area contributed by atoms with E-state index in [-0.39, 0.29) is 11.9 Å². The highest BCUT2D eigenvalue weighted by molar-refractivity contribution is 5.78. The van der Waals surface area contributed by atoms with Gasteiger partial charge in [0.25, 0.3) is 0 Å². The number of likely N-dealkylation sites (tertiary alicyclic amines) is 1. The zero-order valence-corrected chi connectivity index (χ0v) is 12.3. The lowest BCUT2D eigenvalue weighted by atomic mass is 9.91. The zero-order chi connectivity index (χ0) is 14.5. The van der Waals surface area contributed by atoms with Crippen LogP contribution in [-0.2, 0) is 11.2 Å². The summed E-state index contributed by atoms with van der Waals surface area (Å²) in [4.78, 5) is 14.2. The van der Waals surface area contributed by atoms with Gasteiger partial charge >= 0.3 is 0 Å². The van der Waals surface area contributed by atoms with Crippen LogP contribution < -0.4 is 10.5 Å². The Morgan fingerprint density at radius 3 is 2.45 bits per heavy atom. The first-order chi connectivity index (χ1) is 9.60. The van der Waals surface area contributed by atoms with Crippen LogP contribution in [0.4, 0.5) is 0 Å². The van der Waals surface area contributed by atoms with Gasteiger partial charge in [-0.25, -0.2) is 0 Å². The van der Waals surface area contributed by atoms with Gasteiger partial charge in [0.2, 0.25) is 5.91 Å². The molecule has 1 amide bonds. The highest BCUT2D eigenvalue weighted by atomic mass is 16.5. The van der Waals surface area contributed by atoms with Crippen molar-refractivity contribution in [3.05, 3.63) is 29.8 Å². The summed E-state index contributed by atoms with van der Waals surface area (Å²) in [5.41, 5.74) is 6.96. The molecular weight excluding hydrogens is 252 g/mol. The predicted molar refractivity (Wildman–Crippen MR) is 79.7 cm³/mol. The normalized spacial score (nSPS) is 17.9. The van der Waals surface area contributed by atoms with E-state index in [1.54, 1.807) is 7.11 Å². The molecule has 1 heterocycles. The van der Waals surface area contributed by atoms with Gasteiger partial charge in [-0.3, -0.25) is 4.79 Å². The van der Waals surface area contributed by atoms with Crippen LogP contribution in [0.5, 0.6) is 5.75 Å². The number of amides is 1. The zero-order valence-electron chi connectivity index (χ0n) is 12.3. The molecule has 0 bridgehead atoms. The minimum absolute atomic E-state index is 0.207. The highest BCUT2D eigenvalue weighted by Crippen LogP contribution is 2.20. The predicted octanol–water partition coefficient (Wildman–Crippen LogP) is 1.82. The maximum absolute atomic E-state index is 12.3. The van der Waals surface area contributed by atoms with E-state index < -0.39 is 0 Å². The van der Waals surface area contributed by atoms with Crippen molar-refractivity contribution in [3.8, 4) is 5.75 Å². The van der Waals surface area contributed by atoms with Gasteiger partial charge in [0.15, 0.2) is 0 Å². The molecule has 0 spiro atoms. The summed E-state index contributed by atoms with van der Waals surface area (Å²) in [5, 5.41) is 0. The van der Waals surface area contributed by atoms with E-state index in [1.165, 1.54) is 0 Å². The maximum Gasteiger partial charge on any atom is 0.226 e. The minimum atomic E-state index is 0.207. The molecule has 0 saturated carbocycles. The standard InChI is InChI=1S/C16H24N2O2/c1-12(17)14-7-9-18(10-8-14)16(19)11-13-3-5-15(20-2)6-4-13/h3-6,12,14H,7-11,17H2,1-2H3. The summed E-state index contributed by atoms with van der Waals surface area (Å²) >= 11 is 0. The fourth-order valence-electron chi connectivity index (χ4n) is 2.70. The fraction of sp³-hybridized carbons (Fsp3) is 0.562. The van der Waals surface area contributed by atoms with Gasteiger partial charge in [0.1, 0.15) is 5.75 Å². The van der Waals surface area contributed by atoms with E-state index in [9.17, 15) is 4.79 Å². The molecule has 1 aliphatic rings. The number of piperidine rings is 1.